The molecular weight excluding hydrogens is 376 g/mol. The third kappa shape index (κ3) is 5.44. The van der Waals surface area contributed by atoms with E-state index in [9.17, 15) is 9.59 Å². The molecule has 0 N–H and O–H groups in total. The molecule has 1 aromatic heterocycles. The van der Waals surface area contributed by atoms with Crippen molar-refractivity contribution < 1.29 is 9.53 Å². The molecule has 0 spiro atoms. The first-order chi connectivity index (χ1) is 14.5. The summed E-state index contributed by atoms with van der Waals surface area (Å²) >= 11 is 0. The van der Waals surface area contributed by atoms with Gasteiger partial charge in [0.05, 0.1) is 12.2 Å². The van der Waals surface area contributed by atoms with E-state index in [1.54, 1.807) is 17.6 Å². The van der Waals surface area contributed by atoms with E-state index in [1.807, 2.05) is 68.4 Å². The monoisotopic (exact) mass is 404 g/mol. The Balaban J connectivity index is 1.64. The Hall–Kier alpha value is -3.21. The summed E-state index contributed by atoms with van der Waals surface area (Å²) in [5, 5.41) is 0. The number of ketones is 1. The average Bonchev–Trinajstić information content (AvgIpc) is 2.76. The Bertz CT molecular complexity index is 1040. The number of Topliss-reactive ketones (excluding diaryl/α,β-unsaturated/α-hetero) is 1. The van der Waals surface area contributed by atoms with Gasteiger partial charge in [-0.05, 0) is 31.0 Å². The lowest BCUT2D eigenvalue weighted by molar-refractivity contribution is -0.120. The van der Waals surface area contributed by atoms with Gasteiger partial charge in [-0.25, -0.2) is 4.98 Å². The summed E-state index contributed by atoms with van der Waals surface area (Å²) in [4.78, 5) is 28.8. The van der Waals surface area contributed by atoms with Crippen molar-refractivity contribution >= 4 is 5.78 Å². The number of aromatic nitrogens is 2. The number of carbonyl (C=O) groups is 1. The zero-order chi connectivity index (χ0) is 21.5. The number of ether oxygens (including phenoxy) is 1. The van der Waals surface area contributed by atoms with Crippen molar-refractivity contribution in [3.63, 3.8) is 0 Å². The molecule has 1 atom stereocenters. The minimum atomic E-state index is -0.0714. The second-order valence-corrected chi connectivity index (χ2v) is 7.48. The molecule has 0 saturated carbocycles. The zero-order valence-electron chi connectivity index (χ0n) is 17.8. The van der Waals surface area contributed by atoms with Crippen molar-refractivity contribution in [3.8, 4) is 17.0 Å². The molecule has 0 radical (unpaired) electrons. The predicted molar refractivity (Wildman–Crippen MR) is 119 cm³/mol. The summed E-state index contributed by atoms with van der Waals surface area (Å²) in [7, 11) is 0. The van der Waals surface area contributed by atoms with Crippen LogP contribution in [0.15, 0.2) is 65.5 Å². The van der Waals surface area contributed by atoms with E-state index in [1.165, 1.54) is 0 Å². The summed E-state index contributed by atoms with van der Waals surface area (Å²) < 4.78 is 7.51. The predicted octanol–water partition coefficient (Wildman–Crippen LogP) is 4.32. The summed E-state index contributed by atoms with van der Waals surface area (Å²) in [5.74, 6) is 1.70. The second kappa shape index (κ2) is 10.0. The van der Waals surface area contributed by atoms with Gasteiger partial charge in [-0.3, -0.25) is 14.2 Å². The van der Waals surface area contributed by atoms with Crippen molar-refractivity contribution in [1.29, 1.82) is 0 Å². The molecule has 0 aliphatic rings. The van der Waals surface area contributed by atoms with E-state index in [4.69, 9.17) is 4.74 Å². The van der Waals surface area contributed by atoms with Crippen LogP contribution in [-0.4, -0.2) is 21.9 Å². The number of hydrogen-bond acceptors (Lipinski definition) is 4. The highest BCUT2D eigenvalue weighted by molar-refractivity contribution is 5.78. The number of aryl methyl sites for hydroxylation is 1. The number of rotatable bonds is 9. The largest absolute Gasteiger partial charge is 0.492 e. The minimum absolute atomic E-state index is 0.0162. The smallest absolute Gasteiger partial charge is 0.254 e. The first-order valence-electron chi connectivity index (χ1n) is 10.4. The maximum atomic E-state index is 12.7. The van der Waals surface area contributed by atoms with Crippen LogP contribution in [0.2, 0.25) is 0 Å². The molecule has 5 heteroatoms. The van der Waals surface area contributed by atoms with Crippen molar-refractivity contribution in [1.82, 2.24) is 9.55 Å². The van der Waals surface area contributed by atoms with Gasteiger partial charge in [-0.1, -0.05) is 56.3 Å². The lowest BCUT2D eigenvalue weighted by Gasteiger charge is -2.14. The molecule has 2 aromatic carbocycles. The SMILES string of the molecule is CCc1nc(-c2ccccc2)cc(=O)n1CCOc1ccc(CC(C)C(C)=O)cc1. The molecule has 0 saturated heterocycles. The Morgan fingerprint density at radius 1 is 1.10 bits per heavy atom. The molecule has 0 aliphatic carbocycles. The Morgan fingerprint density at radius 2 is 1.80 bits per heavy atom. The fourth-order valence-corrected chi connectivity index (χ4v) is 3.29. The lowest BCUT2D eigenvalue weighted by Crippen LogP contribution is -2.27. The fourth-order valence-electron chi connectivity index (χ4n) is 3.29. The third-order valence-electron chi connectivity index (χ3n) is 5.22. The van der Waals surface area contributed by atoms with Crippen LogP contribution in [0, 0.1) is 5.92 Å². The molecule has 156 valence electrons. The van der Waals surface area contributed by atoms with E-state index in [-0.39, 0.29) is 17.3 Å². The highest BCUT2D eigenvalue weighted by atomic mass is 16.5. The molecule has 0 fully saturated rings. The van der Waals surface area contributed by atoms with Crippen LogP contribution in [0.5, 0.6) is 5.75 Å². The van der Waals surface area contributed by atoms with Crippen LogP contribution < -0.4 is 10.3 Å². The fraction of sp³-hybridized carbons (Fsp3) is 0.320. The van der Waals surface area contributed by atoms with Crippen LogP contribution >= 0.6 is 0 Å². The topological polar surface area (TPSA) is 61.2 Å². The molecule has 30 heavy (non-hydrogen) atoms. The van der Waals surface area contributed by atoms with Crippen LogP contribution in [0.25, 0.3) is 11.3 Å². The molecule has 3 aromatic rings. The highest BCUT2D eigenvalue weighted by Gasteiger charge is 2.10. The molecule has 0 bridgehead atoms. The van der Waals surface area contributed by atoms with Gasteiger partial charge in [0.1, 0.15) is 24.0 Å². The van der Waals surface area contributed by atoms with Crippen molar-refractivity contribution in [2.24, 2.45) is 5.92 Å². The Kier molecular flexibility index (Phi) is 7.17. The van der Waals surface area contributed by atoms with E-state index >= 15 is 0 Å². The van der Waals surface area contributed by atoms with Crippen LogP contribution in [0.1, 0.15) is 32.2 Å². The Morgan fingerprint density at radius 3 is 2.43 bits per heavy atom. The van der Waals surface area contributed by atoms with Gasteiger partial charge in [0.25, 0.3) is 5.56 Å². The summed E-state index contributed by atoms with van der Waals surface area (Å²) in [6, 6.07) is 19.1. The molecule has 3 rings (SSSR count). The van der Waals surface area contributed by atoms with Crippen molar-refractivity contribution in [3.05, 3.63) is 82.4 Å². The number of nitrogens with zero attached hydrogens (tertiary/aromatic N) is 2. The van der Waals surface area contributed by atoms with E-state index in [2.05, 4.69) is 4.98 Å². The standard InChI is InChI=1S/C25H28N2O3/c1-4-24-26-23(21-8-6-5-7-9-21)17-25(29)27(24)14-15-30-22-12-10-20(11-13-22)16-18(2)19(3)28/h5-13,17-18H,4,14-16H2,1-3H3. The van der Waals surface area contributed by atoms with Gasteiger partial charge < -0.3 is 4.74 Å². The maximum Gasteiger partial charge on any atom is 0.254 e. The highest BCUT2D eigenvalue weighted by Crippen LogP contribution is 2.17. The van der Waals surface area contributed by atoms with Gasteiger partial charge in [-0.2, -0.15) is 0 Å². The summed E-state index contributed by atoms with van der Waals surface area (Å²) in [6.45, 7) is 6.37. The third-order valence-corrected chi connectivity index (χ3v) is 5.22. The first kappa shape index (κ1) is 21.5. The van der Waals surface area contributed by atoms with Crippen molar-refractivity contribution in [2.75, 3.05) is 6.61 Å². The first-order valence-corrected chi connectivity index (χ1v) is 10.4. The van der Waals surface area contributed by atoms with Crippen LogP contribution in [0.4, 0.5) is 0 Å². The number of hydrogen-bond donors (Lipinski definition) is 0. The van der Waals surface area contributed by atoms with E-state index < -0.39 is 0 Å². The quantitative estimate of drug-likeness (QED) is 0.533. The number of carbonyl (C=O) groups excluding carboxylic acids is 1. The van der Waals surface area contributed by atoms with Gasteiger partial charge >= 0.3 is 0 Å². The van der Waals surface area contributed by atoms with Crippen LogP contribution in [0.3, 0.4) is 0 Å². The van der Waals surface area contributed by atoms with Gasteiger partial charge in [0.2, 0.25) is 0 Å². The second-order valence-electron chi connectivity index (χ2n) is 7.48. The van der Waals surface area contributed by atoms with Crippen molar-refractivity contribution in [2.45, 2.75) is 40.2 Å². The molecule has 0 aliphatic heterocycles. The van der Waals surface area contributed by atoms with Gasteiger partial charge in [0, 0.05) is 24.0 Å². The number of benzene rings is 2. The Labute approximate surface area is 177 Å². The minimum Gasteiger partial charge on any atom is -0.492 e. The molecule has 1 unspecified atom stereocenters. The lowest BCUT2D eigenvalue weighted by atomic mass is 9.98. The summed E-state index contributed by atoms with van der Waals surface area (Å²) in [6.07, 6.45) is 1.39. The zero-order valence-corrected chi connectivity index (χ0v) is 17.8. The van der Waals surface area contributed by atoms with E-state index in [0.717, 1.165) is 29.1 Å². The van der Waals surface area contributed by atoms with Gasteiger partial charge in [0.15, 0.2) is 0 Å². The molecule has 1 heterocycles. The molecule has 0 amide bonds. The summed E-state index contributed by atoms with van der Waals surface area (Å²) in [5.41, 5.74) is 2.67. The normalized spacial score (nSPS) is 11.8. The van der Waals surface area contributed by atoms with Crippen LogP contribution in [-0.2, 0) is 24.2 Å². The average molecular weight is 405 g/mol. The molecular formula is C25H28N2O3. The maximum absolute atomic E-state index is 12.7. The van der Waals surface area contributed by atoms with E-state index in [0.29, 0.717) is 25.3 Å². The molecule has 5 nitrogen and oxygen atoms in total. The van der Waals surface area contributed by atoms with Gasteiger partial charge in [-0.15, -0.1) is 0 Å².